The molecule has 0 aromatic heterocycles. The van der Waals surface area contributed by atoms with Crippen LogP contribution in [0.15, 0.2) is 47.6 Å². The van der Waals surface area contributed by atoms with Gasteiger partial charge in [0.15, 0.2) is 5.78 Å². The monoisotopic (exact) mass is 1120 g/mol. The number of nitrogens with zero attached hydrogens (tertiary/aromatic N) is 1. The molecule has 4 aliphatic rings. The van der Waals surface area contributed by atoms with Crippen LogP contribution in [-0.2, 0) is 61.9 Å². The number of alkyl carbamates (subject to hydrolysis) is 1. The van der Waals surface area contributed by atoms with E-state index in [1.165, 1.54) is 11.0 Å². The number of hydrogen-bond acceptors (Lipinski definition) is 17. The summed E-state index contributed by atoms with van der Waals surface area (Å²) in [5.41, 5.74) is 1.07. The number of cyclic esters (lactones) is 1. The molecule has 0 radical (unpaired) electrons. The minimum atomic E-state index is -2.47. The average molecular weight is 1120 g/mol. The number of fused-ring (bicyclic) bond motifs is 3. The Kier molecular flexibility index (Phi) is 29.2. The number of aliphatic hydroxyl groups is 3. The number of piperidine rings is 1. The summed E-state index contributed by atoms with van der Waals surface area (Å²) in [6, 6.07) is -1.20. The molecule has 2 bridgehead atoms. The van der Waals surface area contributed by atoms with Crippen LogP contribution in [0.3, 0.4) is 0 Å². The highest BCUT2D eigenvalue weighted by molar-refractivity contribution is 6.39. The summed E-state index contributed by atoms with van der Waals surface area (Å²) in [4.78, 5) is 85.0. The van der Waals surface area contributed by atoms with Crippen LogP contribution in [-0.4, -0.2) is 177 Å². The fourth-order valence-electron chi connectivity index (χ4n) is 11.1. The van der Waals surface area contributed by atoms with Crippen LogP contribution in [0.5, 0.6) is 0 Å². The summed E-state index contributed by atoms with van der Waals surface area (Å²) in [6.45, 7) is 17.3. The molecule has 15 atom stereocenters. The highest BCUT2D eigenvalue weighted by Gasteiger charge is 2.53. The van der Waals surface area contributed by atoms with Crippen LogP contribution in [0.1, 0.15) is 139 Å². The smallest absolute Gasteiger partial charge is 0.407 e. The van der Waals surface area contributed by atoms with Crippen molar-refractivity contribution in [2.45, 2.75) is 193 Å². The summed E-state index contributed by atoms with van der Waals surface area (Å²) in [7, 11) is 3.11. The van der Waals surface area contributed by atoms with Gasteiger partial charge in [-0.3, -0.25) is 19.2 Å². The van der Waals surface area contributed by atoms with E-state index in [-0.39, 0.29) is 62.2 Å². The van der Waals surface area contributed by atoms with Crippen molar-refractivity contribution in [3.8, 4) is 0 Å². The Balaban J connectivity index is 1.55. The second-order valence-electron chi connectivity index (χ2n) is 22.5. The number of aliphatic hydroxyl groups excluding tert-OH is 2. The molecule has 0 aromatic carbocycles. The highest BCUT2D eigenvalue weighted by Crippen LogP contribution is 2.38. The fourth-order valence-corrected chi connectivity index (χ4v) is 11.1. The van der Waals surface area contributed by atoms with Crippen molar-refractivity contribution in [2.75, 3.05) is 67.0 Å². The van der Waals surface area contributed by atoms with Gasteiger partial charge >= 0.3 is 12.1 Å². The topological polar surface area (TPSA) is 252 Å². The van der Waals surface area contributed by atoms with Crippen LogP contribution < -0.4 is 5.32 Å². The summed E-state index contributed by atoms with van der Waals surface area (Å²) >= 11 is 0. The van der Waals surface area contributed by atoms with Gasteiger partial charge in [0, 0.05) is 64.5 Å². The maximum absolute atomic E-state index is 14.6. The number of amides is 2. The molecule has 19 nitrogen and oxygen atoms in total. The minimum Gasteiger partial charge on any atom is -0.460 e. The predicted octanol–water partition coefficient (Wildman–Crippen LogP) is 6.72. The standard InChI is InChI=1S/C60H96N2O17/c1-11-26-74-28-30-76-31-29-75-27-24-61-59(70)78-49-23-21-45(35-52(49)73-10)34-41(5)51-37-48(63)40(4)33-43(7)54(65)55(66)53(64)42(6)32-38(2)17-13-12-14-18-39(3)50(72-9)36-46-22-20-44(8)60(71,79-46)56(67)57(68)62-25-16-15-19-47(62)58(69)77-51/h12-14,17-18,33,38,40-42,44-47,49-52,54-55,65-66,71H,11,15-16,19-32,34-37H2,1-10H3,(H,61,70)/b14-12+,17-13+,39-18+,43-33+/t38-,40-,41-,42-,44-,45+,46+,47+,49-,50+,51+,52-,54-,55+,60-/m1/s1. The van der Waals surface area contributed by atoms with Crippen LogP contribution in [0.2, 0.25) is 0 Å². The lowest BCUT2D eigenvalue weighted by molar-refractivity contribution is -0.265. The maximum Gasteiger partial charge on any atom is 0.407 e. The summed E-state index contributed by atoms with van der Waals surface area (Å²) in [5, 5.41) is 37.1. The lowest BCUT2D eigenvalue weighted by Gasteiger charge is -2.42. The minimum absolute atomic E-state index is 0.00129. The number of hydrogen-bond donors (Lipinski definition) is 4. The molecule has 0 aromatic rings. The van der Waals surface area contributed by atoms with Crippen LogP contribution in [0.25, 0.3) is 0 Å². The Hall–Kier alpha value is -4.18. The quantitative estimate of drug-likeness (QED) is 0.0510. The van der Waals surface area contributed by atoms with Gasteiger partial charge in [-0.1, -0.05) is 78.0 Å². The largest absolute Gasteiger partial charge is 0.460 e. The molecular weight excluding hydrogens is 1020 g/mol. The van der Waals surface area contributed by atoms with Crippen molar-refractivity contribution >= 4 is 35.3 Å². The molecule has 3 aliphatic heterocycles. The van der Waals surface area contributed by atoms with Crippen molar-refractivity contribution in [1.82, 2.24) is 10.2 Å². The van der Waals surface area contributed by atoms with Gasteiger partial charge in [-0.15, -0.1) is 0 Å². The fraction of sp³-hybridized carbons (Fsp3) is 0.767. The number of rotatable bonds is 17. The zero-order chi connectivity index (χ0) is 58.2. The molecule has 3 fully saturated rings. The number of allylic oxidation sites excluding steroid dienone is 6. The molecule has 1 aliphatic carbocycles. The lowest BCUT2D eigenvalue weighted by atomic mass is 9.78. The second kappa shape index (κ2) is 34.3. The molecular formula is C60H96N2O17. The molecule has 0 spiro atoms. The number of carbonyl (C=O) groups is 6. The third-order valence-electron chi connectivity index (χ3n) is 16.1. The Morgan fingerprint density at radius 3 is 2.19 bits per heavy atom. The number of methoxy groups -OCH3 is 2. The van der Waals surface area contributed by atoms with Crippen molar-refractivity contribution in [2.24, 2.45) is 35.5 Å². The van der Waals surface area contributed by atoms with E-state index >= 15 is 0 Å². The molecule has 79 heavy (non-hydrogen) atoms. The summed E-state index contributed by atoms with van der Waals surface area (Å²) < 4.78 is 46.4. The number of Topliss-reactive ketones (excluding diaryl/α,β-unsaturated/α-hetero) is 3. The number of nitrogens with one attached hydrogen (secondary N) is 1. The van der Waals surface area contributed by atoms with Crippen LogP contribution >= 0.6 is 0 Å². The van der Waals surface area contributed by atoms with Crippen molar-refractivity contribution < 1.29 is 82.0 Å². The molecule has 4 N–H and O–H groups in total. The first-order chi connectivity index (χ1) is 37.6. The Morgan fingerprint density at radius 1 is 0.810 bits per heavy atom. The van der Waals surface area contributed by atoms with Gasteiger partial charge < -0.3 is 63.4 Å². The molecule has 1 saturated carbocycles. The number of ether oxygens (including phenoxy) is 8. The number of ketones is 3. The average Bonchev–Trinajstić information content (AvgIpc) is 3.57. The third-order valence-corrected chi connectivity index (χ3v) is 16.1. The molecule has 4 rings (SSSR count). The molecule has 2 saturated heterocycles. The Bertz CT molecular complexity index is 2080. The van der Waals surface area contributed by atoms with E-state index in [2.05, 4.69) is 5.32 Å². The van der Waals surface area contributed by atoms with E-state index in [0.717, 1.165) is 12.0 Å². The lowest BCUT2D eigenvalue weighted by Crippen LogP contribution is -2.61. The van der Waals surface area contributed by atoms with E-state index in [4.69, 9.17) is 37.9 Å². The molecule has 448 valence electrons. The normalized spacial score (nSPS) is 35.2. The first-order valence-corrected chi connectivity index (χ1v) is 29.0. The Labute approximate surface area is 469 Å². The van der Waals surface area contributed by atoms with Gasteiger partial charge in [-0.2, -0.15) is 0 Å². The third kappa shape index (κ3) is 20.9. The van der Waals surface area contributed by atoms with E-state index in [1.807, 2.05) is 58.1 Å². The first-order valence-electron chi connectivity index (χ1n) is 29.0. The second-order valence-corrected chi connectivity index (χ2v) is 22.5. The van der Waals surface area contributed by atoms with Gasteiger partial charge in [-0.25, -0.2) is 9.59 Å². The van der Waals surface area contributed by atoms with Crippen molar-refractivity contribution in [1.29, 1.82) is 0 Å². The zero-order valence-electron chi connectivity index (χ0n) is 48.9. The predicted molar refractivity (Wildman–Crippen MR) is 295 cm³/mol. The SMILES string of the molecule is CCCOCCOCCOCCNC(=O)O[C@@H]1CC[C@@H](C[C@@H](C)[C@@H]2CC(=O)[C@H](C)/C=C(\C)[C@@H](O)[C@@H](O)C(=O)[C@H](C)C[C@H](C)/C=C/C=C/C=C(\C)[C@@H](OC)C[C@@H]3CC[C@@H](C)[C@@](O)(O3)C(=O)C(=O)N3CCCC[C@H]3C(=O)O2)C[C@H]1OC. The van der Waals surface area contributed by atoms with Crippen LogP contribution in [0, 0.1) is 35.5 Å². The van der Waals surface area contributed by atoms with E-state index in [0.29, 0.717) is 90.8 Å². The number of esters is 1. The van der Waals surface area contributed by atoms with Gasteiger partial charge in [-0.05, 0) is 113 Å². The van der Waals surface area contributed by atoms with E-state index in [9.17, 15) is 44.1 Å². The van der Waals surface area contributed by atoms with Gasteiger partial charge in [0.2, 0.25) is 5.79 Å². The molecule has 2 amide bonds. The van der Waals surface area contributed by atoms with Gasteiger partial charge in [0.05, 0.1) is 51.3 Å². The molecule has 0 unspecified atom stereocenters. The van der Waals surface area contributed by atoms with Gasteiger partial charge in [0.25, 0.3) is 11.7 Å². The molecule has 19 heteroatoms. The highest BCUT2D eigenvalue weighted by atomic mass is 16.6. The van der Waals surface area contributed by atoms with Gasteiger partial charge in [0.1, 0.15) is 36.2 Å². The van der Waals surface area contributed by atoms with E-state index < -0.39 is 108 Å². The van der Waals surface area contributed by atoms with Crippen molar-refractivity contribution in [3.05, 3.63) is 47.6 Å². The summed E-state index contributed by atoms with van der Waals surface area (Å²) in [6.07, 6.45) is 9.45. The molecule has 3 heterocycles. The zero-order valence-corrected chi connectivity index (χ0v) is 48.9. The number of carbonyl (C=O) groups excluding carboxylic acids is 6. The van der Waals surface area contributed by atoms with E-state index in [1.54, 1.807) is 41.9 Å². The maximum atomic E-state index is 14.6. The summed E-state index contributed by atoms with van der Waals surface area (Å²) in [5.74, 6) is -9.05. The Morgan fingerprint density at radius 2 is 1.51 bits per heavy atom. The van der Waals surface area contributed by atoms with Crippen LogP contribution in [0.4, 0.5) is 4.79 Å². The van der Waals surface area contributed by atoms with Crippen molar-refractivity contribution in [3.63, 3.8) is 0 Å². The first kappa shape index (κ1) is 67.3.